The second kappa shape index (κ2) is 5.55. The molecule has 1 aromatic carbocycles. The molecule has 1 atom stereocenters. The van der Waals surface area contributed by atoms with E-state index in [0.29, 0.717) is 0 Å². The van der Waals surface area contributed by atoms with E-state index in [2.05, 4.69) is 54.6 Å². The van der Waals surface area contributed by atoms with E-state index in [0.717, 1.165) is 5.92 Å². The molecule has 0 aromatic heterocycles. The molecule has 1 aliphatic rings. The van der Waals surface area contributed by atoms with E-state index in [1.165, 1.54) is 31.2 Å². The molecular weight excluding hydrogens is 180 g/mol. The number of rotatable bonds is 3. The lowest BCUT2D eigenvalue weighted by atomic mass is 9.91. The molecule has 0 fully saturated rings. The van der Waals surface area contributed by atoms with E-state index < -0.39 is 0 Å². The van der Waals surface area contributed by atoms with Gasteiger partial charge in [-0.1, -0.05) is 54.6 Å². The van der Waals surface area contributed by atoms with Crippen LogP contribution in [-0.2, 0) is 0 Å². The van der Waals surface area contributed by atoms with Crippen molar-refractivity contribution in [2.24, 2.45) is 5.92 Å². The van der Waals surface area contributed by atoms with E-state index in [4.69, 9.17) is 0 Å². The van der Waals surface area contributed by atoms with Crippen molar-refractivity contribution in [3.8, 4) is 0 Å². The summed E-state index contributed by atoms with van der Waals surface area (Å²) in [7, 11) is 0. The molecule has 0 aliphatic heterocycles. The zero-order valence-electron chi connectivity index (χ0n) is 9.10. The molecule has 2 rings (SSSR count). The van der Waals surface area contributed by atoms with Crippen LogP contribution in [0, 0.1) is 5.92 Å². The number of allylic oxidation sites excluding steroid dienone is 3. The highest BCUT2D eigenvalue weighted by Crippen LogP contribution is 2.22. The maximum Gasteiger partial charge on any atom is -0.0260 e. The maximum atomic E-state index is 2.32. The molecule has 0 spiro atoms. The predicted molar refractivity (Wildman–Crippen MR) is 66.6 cm³/mol. The van der Waals surface area contributed by atoms with Crippen molar-refractivity contribution >= 4 is 6.08 Å². The molecule has 0 saturated carbocycles. The summed E-state index contributed by atoms with van der Waals surface area (Å²) in [6, 6.07) is 10.5. The Bertz CT molecular complexity index is 332. The Morgan fingerprint density at radius 3 is 2.73 bits per heavy atom. The van der Waals surface area contributed by atoms with Crippen molar-refractivity contribution in [1.29, 1.82) is 0 Å². The van der Waals surface area contributed by atoms with Gasteiger partial charge >= 0.3 is 0 Å². The van der Waals surface area contributed by atoms with E-state index >= 15 is 0 Å². The third kappa shape index (κ3) is 3.39. The quantitative estimate of drug-likeness (QED) is 0.630. The average Bonchev–Trinajstić information content (AvgIpc) is 2.32. The van der Waals surface area contributed by atoms with Crippen molar-refractivity contribution < 1.29 is 0 Å². The van der Waals surface area contributed by atoms with Crippen LogP contribution in [0.15, 0.2) is 48.6 Å². The highest BCUT2D eigenvalue weighted by atomic mass is 14.1. The molecule has 78 valence electrons. The normalized spacial score (nSPS) is 20.9. The molecule has 1 aromatic rings. The predicted octanol–water partition coefficient (Wildman–Crippen LogP) is 4.45. The van der Waals surface area contributed by atoms with Crippen LogP contribution in [0.4, 0.5) is 0 Å². The van der Waals surface area contributed by atoms with Crippen molar-refractivity contribution in [2.45, 2.75) is 25.7 Å². The summed E-state index contributed by atoms with van der Waals surface area (Å²) < 4.78 is 0. The van der Waals surface area contributed by atoms with Gasteiger partial charge in [-0.25, -0.2) is 0 Å². The number of benzene rings is 1. The van der Waals surface area contributed by atoms with Crippen LogP contribution in [0.5, 0.6) is 0 Å². The van der Waals surface area contributed by atoms with Gasteiger partial charge < -0.3 is 0 Å². The van der Waals surface area contributed by atoms with Gasteiger partial charge in [0.2, 0.25) is 0 Å². The summed E-state index contributed by atoms with van der Waals surface area (Å²) in [4.78, 5) is 0. The van der Waals surface area contributed by atoms with Crippen LogP contribution in [-0.4, -0.2) is 0 Å². The highest BCUT2D eigenvalue weighted by Gasteiger charge is 2.06. The summed E-state index contributed by atoms with van der Waals surface area (Å²) in [6.45, 7) is 0. The first-order valence-corrected chi connectivity index (χ1v) is 5.82. The monoisotopic (exact) mass is 198 g/mol. The molecule has 1 aliphatic carbocycles. The fraction of sp³-hybridized carbons (Fsp3) is 0.333. The second-order valence-electron chi connectivity index (χ2n) is 4.20. The van der Waals surface area contributed by atoms with Gasteiger partial charge in [-0.15, -0.1) is 0 Å². The molecule has 0 bridgehead atoms. The standard InChI is InChI=1S/C15H18/c1-3-8-14(9-4-1)12-7-13-15-10-5-2-6-11-15/h1-5,7-9,12,15H,6,10-11,13H2/b12-7+. The van der Waals surface area contributed by atoms with Crippen LogP contribution < -0.4 is 0 Å². The lowest BCUT2D eigenvalue weighted by Crippen LogP contribution is -2.00. The van der Waals surface area contributed by atoms with Gasteiger partial charge in [-0.05, 0) is 37.2 Å². The van der Waals surface area contributed by atoms with Gasteiger partial charge in [0.15, 0.2) is 0 Å². The van der Waals surface area contributed by atoms with Crippen LogP contribution in [0.3, 0.4) is 0 Å². The van der Waals surface area contributed by atoms with Crippen LogP contribution in [0.1, 0.15) is 31.2 Å². The zero-order chi connectivity index (χ0) is 10.3. The summed E-state index contributed by atoms with van der Waals surface area (Å²) in [5.74, 6) is 0.870. The van der Waals surface area contributed by atoms with Crippen molar-refractivity contribution in [3.05, 3.63) is 54.1 Å². The molecule has 0 nitrogen and oxygen atoms in total. The number of hydrogen-bond acceptors (Lipinski definition) is 0. The second-order valence-corrected chi connectivity index (χ2v) is 4.20. The minimum absolute atomic E-state index is 0.870. The summed E-state index contributed by atoms with van der Waals surface area (Å²) >= 11 is 0. The van der Waals surface area contributed by atoms with E-state index in [9.17, 15) is 0 Å². The highest BCUT2D eigenvalue weighted by molar-refractivity contribution is 5.48. The van der Waals surface area contributed by atoms with E-state index in [-0.39, 0.29) is 0 Å². The van der Waals surface area contributed by atoms with Gasteiger partial charge in [0, 0.05) is 0 Å². The Hall–Kier alpha value is -1.30. The fourth-order valence-electron chi connectivity index (χ4n) is 2.03. The molecule has 0 saturated heterocycles. The summed E-state index contributed by atoms with van der Waals surface area (Å²) in [6.07, 6.45) is 14.3. The van der Waals surface area contributed by atoms with E-state index in [1.807, 2.05) is 0 Å². The summed E-state index contributed by atoms with van der Waals surface area (Å²) in [5, 5.41) is 0. The fourth-order valence-corrected chi connectivity index (χ4v) is 2.03. The average molecular weight is 198 g/mol. The van der Waals surface area contributed by atoms with Gasteiger partial charge in [0.25, 0.3) is 0 Å². The molecule has 0 N–H and O–H groups in total. The molecule has 0 amide bonds. The maximum absolute atomic E-state index is 2.32. The Kier molecular flexibility index (Phi) is 3.78. The van der Waals surface area contributed by atoms with Gasteiger partial charge in [0.1, 0.15) is 0 Å². The first-order chi connectivity index (χ1) is 7.45. The molecule has 1 unspecified atom stereocenters. The Morgan fingerprint density at radius 1 is 1.13 bits per heavy atom. The molecule has 0 radical (unpaired) electrons. The van der Waals surface area contributed by atoms with Gasteiger partial charge in [-0.2, -0.15) is 0 Å². The Morgan fingerprint density at radius 2 is 2.00 bits per heavy atom. The minimum Gasteiger partial charge on any atom is -0.0885 e. The minimum atomic E-state index is 0.870. The number of hydrogen-bond donors (Lipinski definition) is 0. The van der Waals surface area contributed by atoms with Crippen molar-refractivity contribution in [3.63, 3.8) is 0 Å². The SMILES string of the molecule is C1=CCC(C/C=C/c2ccccc2)CC1. The molecule has 15 heavy (non-hydrogen) atoms. The lowest BCUT2D eigenvalue weighted by Gasteiger charge is -2.14. The Balaban J connectivity index is 1.82. The van der Waals surface area contributed by atoms with Crippen LogP contribution in [0.2, 0.25) is 0 Å². The third-order valence-electron chi connectivity index (χ3n) is 2.96. The van der Waals surface area contributed by atoms with E-state index in [1.54, 1.807) is 0 Å². The first kappa shape index (κ1) is 10.2. The summed E-state index contributed by atoms with van der Waals surface area (Å²) in [5.41, 5.74) is 1.31. The molecular formula is C15H18. The third-order valence-corrected chi connectivity index (χ3v) is 2.96. The van der Waals surface area contributed by atoms with Gasteiger partial charge in [-0.3, -0.25) is 0 Å². The topological polar surface area (TPSA) is 0 Å². The zero-order valence-corrected chi connectivity index (χ0v) is 9.10. The van der Waals surface area contributed by atoms with Gasteiger partial charge in [0.05, 0.1) is 0 Å². The first-order valence-electron chi connectivity index (χ1n) is 5.82. The van der Waals surface area contributed by atoms with Crippen LogP contribution in [0.25, 0.3) is 6.08 Å². The van der Waals surface area contributed by atoms with Crippen molar-refractivity contribution in [1.82, 2.24) is 0 Å². The lowest BCUT2D eigenvalue weighted by molar-refractivity contribution is 0.487. The molecule has 0 heterocycles. The smallest absolute Gasteiger partial charge is 0.0260 e. The van der Waals surface area contributed by atoms with Crippen LogP contribution >= 0.6 is 0 Å². The largest absolute Gasteiger partial charge is 0.0885 e. The Labute approximate surface area is 92.3 Å². The van der Waals surface area contributed by atoms with Crippen molar-refractivity contribution in [2.75, 3.05) is 0 Å². The molecule has 0 heteroatoms.